The van der Waals surface area contributed by atoms with Crippen LogP contribution < -0.4 is 5.32 Å². The fraction of sp³-hybridized carbons (Fsp3) is 0.167. The highest BCUT2D eigenvalue weighted by Gasteiger charge is 2.18. The lowest BCUT2D eigenvalue weighted by molar-refractivity contribution is 0.0600. The lowest BCUT2D eigenvalue weighted by atomic mass is 10.1. The van der Waals surface area contributed by atoms with E-state index in [1.165, 1.54) is 13.3 Å². The van der Waals surface area contributed by atoms with E-state index in [0.717, 1.165) is 5.56 Å². The van der Waals surface area contributed by atoms with Crippen LogP contribution in [-0.2, 0) is 11.8 Å². The van der Waals surface area contributed by atoms with Crippen molar-refractivity contribution in [3.63, 3.8) is 0 Å². The molecule has 0 aliphatic carbocycles. The van der Waals surface area contributed by atoms with Gasteiger partial charge in [0.05, 0.1) is 18.9 Å². The van der Waals surface area contributed by atoms with Gasteiger partial charge in [-0.25, -0.2) is 4.79 Å². The van der Waals surface area contributed by atoms with Crippen molar-refractivity contribution in [2.24, 2.45) is 7.05 Å². The lowest BCUT2D eigenvalue weighted by Crippen LogP contribution is -2.16. The molecule has 25 heavy (non-hydrogen) atoms. The number of methoxy groups -OCH3 is 1. The Bertz CT molecular complexity index is 926. The molecule has 3 aromatic rings. The quantitative estimate of drug-likeness (QED) is 0.742. The Morgan fingerprint density at radius 2 is 1.92 bits per heavy atom. The Balaban J connectivity index is 1.93. The molecule has 2 aromatic heterocycles. The Hall–Kier alpha value is -3.35. The summed E-state index contributed by atoms with van der Waals surface area (Å²) in [6, 6.07) is 8.77. The topological polar surface area (TPSA) is 78.2 Å². The fourth-order valence-corrected chi connectivity index (χ4v) is 2.56. The summed E-state index contributed by atoms with van der Waals surface area (Å²) >= 11 is 0. The van der Waals surface area contributed by atoms with E-state index in [2.05, 4.69) is 10.4 Å². The zero-order valence-corrected chi connectivity index (χ0v) is 14.2. The number of rotatable bonds is 4. The Labute approximate surface area is 144 Å². The second kappa shape index (κ2) is 6.64. The molecule has 0 radical (unpaired) electrons. The van der Waals surface area contributed by atoms with Gasteiger partial charge in [0.15, 0.2) is 0 Å². The Morgan fingerprint density at radius 3 is 2.60 bits per heavy atom. The minimum Gasteiger partial charge on any atom is -0.465 e. The molecule has 0 bridgehead atoms. The standard InChI is InChI=1S/C18H18N4O3/c1-12-6-7-13(18(24)25-3)10-15(12)20-16(23)14-11-19-21(2)17(14)22-8-4-5-9-22/h4-11H,1-3H3,(H,20,23). The molecule has 7 nitrogen and oxygen atoms in total. The van der Waals surface area contributed by atoms with Gasteiger partial charge in [0.1, 0.15) is 11.4 Å². The van der Waals surface area contributed by atoms with Crippen molar-refractivity contribution in [3.05, 3.63) is 65.6 Å². The van der Waals surface area contributed by atoms with E-state index >= 15 is 0 Å². The van der Waals surface area contributed by atoms with Crippen molar-refractivity contribution < 1.29 is 14.3 Å². The molecule has 1 amide bonds. The second-order valence-corrected chi connectivity index (χ2v) is 5.57. The van der Waals surface area contributed by atoms with Gasteiger partial charge in [0, 0.05) is 25.1 Å². The third-order valence-electron chi connectivity index (χ3n) is 3.91. The van der Waals surface area contributed by atoms with E-state index < -0.39 is 5.97 Å². The first-order chi connectivity index (χ1) is 12.0. The number of anilines is 1. The number of carbonyl (C=O) groups excluding carboxylic acids is 2. The number of aryl methyl sites for hydroxylation is 2. The molecule has 0 saturated carbocycles. The van der Waals surface area contributed by atoms with Gasteiger partial charge >= 0.3 is 5.97 Å². The summed E-state index contributed by atoms with van der Waals surface area (Å²) in [5.74, 6) is -0.101. The highest BCUT2D eigenvalue weighted by Crippen LogP contribution is 2.20. The monoisotopic (exact) mass is 338 g/mol. The van der Waals surface area contributed by atoms with Crippen molar-refractivity contribution in [2.45, 2.75) is 6.92 Å². The maximum atomic E-state index is 12.8. The van der Waals surface area contributed by atoms with Gasteiger partial charge < -0.3 is 14.6 Å². The molecule has 0 atom stereocenters. The summed E-state index contributed by atoms with van der Waals surface area (Å²) in [5.41, 5.74) is 2.20. The maximum absolute atomic E-state index is 12.8. The number of benzene rings is 1. The van der Waals surface area contributed by atoms with E-state index in [0.29, 0.717) is 22.6 Å². The number of hydrogen-bond acceptors (Lipinski definition) is 4. The van der Waals surface area contributed by atoms with Crippen LogP contribution in [0.1, 0.15) is 26.3 Å². The van der Waals surface area contributed by atoms with Crippen LogP contribution in [0.3, 0.4) is 0 Å². The minimum absolute atomic E-state index is 0.304. The van der Waals surface area contributed by atoms with Crippen LogP contribution in [0.4, 0.5) is 5.69 Å². The van der Waals surface area contributed by atoms with Crippen LogP contribution in [0, 0.1) is 6.92 Å². The molecular formula is C18H18N4O3. The second-order valence-electron chi connectivity index (χ2n) is 5.57. The average Bonchev–Trinajstić information content (AvgIpc) is 3.25. The third-order valence-corrected chi connectivity index (χ3v) is 3.91. The van der Waals surface area contributed by atoms with Crippen LogP contribution in [0.25, 0.3) is 5.82 Å². The summed E-state index contributed by atoms with van der Waals surface area (Å²) in [6.07, 6.45) is 5.21. The molecule has 1 aromatic carbocycles. The third kappa shape index (κ3) is 3.16. The maximum Gasteiger partial charge on any atom is 0.337 e. The van der Waals surface area contributed by atoms with E-state index in [9.17, 15) is 9.59 Å². The van der Waals surface area contributed by atoms with Crippen molar-refractivity contribution in [1.29, 1.82) is 0 Å². The van der Waals surface area contributed by atoms with Gasteiger partial charge in [-0.1, -0.05) is 6.07 Å². The number of aromatic nitrogens is 3. The van der Waals surface area contributed by atoms with Gasteiger partial charge in [-0.15, -0.1) is 0 Å². The highest BCUT2D eigenvalue weighted by atomic mass is 16.5. The van der Waals surface area contributed by atoms with Crippen molar-refractivity contribution in [2.75, 3.05) is 12.4 Å². The summed E-state index contributed by atoms with van der Waals surface area (Å²) < 4.78 is 8.17. The molecule has 0 spiro atoms. The predicted molar refractivity (Wildman–Crippen MR) is 93.0 cm³/mol. The summed E-state index contributed by atoms with van der Waals surface area (Å²) in [4.78, 5) is 24.4. The molecular weight excluding hydrogens is 320 g/mol. The van der Waals surface area contributed by atoms with Crippen molar-refractivity contribution in [1.82, 2.24) is 14.3 Å². The molecule has 0 aliphatic rings. The number of esters is 1. The molecule has 3 rings (SSSR count). The van der Waals surface area contributed by atoms with E-state index in [1.54, 1.807) is 29.9 Å². The number of ether oxygens (including phenoxy) is 1. The first-order valence-corrected chi connectivity index (χ1v) is 7.67. The lowest BCUT2D eigenvalue weighted by Gasteiger charge is -2.11. The number of nitrogens with one attached hydrogen (secondary N) is 1. The number of hydrogen-bond donors (Lipinski definition) is 1. The molecule has 0 saturated heterocycles. The Morgan fingerprint density at radius 1 is 1.20 bits per heavy atom. The smallest absolute Gasteiger partial charge is 0.337 e. The molecule has 0 aliphatic heterocycles. The molecule has 0 fully saturated rings. The largest absolute Gasteiger partial charge is 0.465 e. The zero-order valence-electron chi connectivity index (χ0n) is 14.2. The van der Waals surface area contributed by atoms with Crippen LogP contribution in [0.15, 0.2) is 48.9 Å². The molecule has 1 N–H and O–H groups in total. The van der Waals surface area contributed by atoms with Gasteiger partial charge in [-0.2, -0.15) is 5.10 Å². The number of nitrogens with zero attached hydrogens (tertiary/aromatic N) is 3. The van der Waals surface area contributed by atoms with E-state index in [-0.39, 0.29) is 5.91 Å². The van der Waals surface area contributed by atoms with Gasteiger partial charge in [0.25, 0.3) is 5.91 Å². The Kier molecular flexibility index (Phi) is 4.38. The van der Waals surface area contributed by atoms with Crippen molar-refractivity contribution >= 4 is 17.6 Å². The first kappa shape index (κ1) is 16.5. The molecule has 128 valence electrons. The van der Waals surface area contributed by atoms with E-state index in [1.807, 2.05) is 36.0 Å². The minimum atomic E-state index is -0.454. The average molecular weight is 338 g/mol. The van der Waals surface area contributed by atoms with Crippen LogP contribution in [0.2, 0.25) is 0 Å². The van der Waals surface area contributed by atoms with Crippen LogP contribution in [-0.4, -0.2) is 33.3 Å². The van der Waals surface area contributed by atoms with Gasteiger partial charge in [-0.3, -0.25) is 9.48 Å². The summed E-state index contributed by atoms with van der Waals surface area (Å²) in [5, 5.41) is 7.03. The van der Waals surface area contributed by atoms with Gasteiger partial charge in [0.2, 0.25) is 0 Å². The van der Waals surface area contributed by atoms with Crippen LogP contribution >= 0.6 is 0 Å². The number of amides is 1. The summed E-state index contributed by atoms with van der Waals surface area (Å²) in [6.45, 7) is 1.85. The van der Waals surface area contributed by atoms with Gasteiger partial charge in [-0.05, 0) is 36.8 Å². The summed E-state index contributed by atoms with van der Waals surface area (Å²) in [7, 11) is 3.09. The molecule has 7 heteroatoms. The fourth-order valence-electron chi connectivity index (χ4n) is 2.56. The first-order valence-electron chi connectivity index (χ1n) is 7.67. The molecule has 2 heterocycles. The molecule has 0 unspecified atom stereocenters. The number of carbonyl (C=O) groups is 2. The van der Waals surface area contributed by atoms with E-state index in [4.69, 9.17) is 4.74 Å². The highest BCUT2D eigenvalue weighted by molar-refractivity contribution is 6.07. The predicted octanol–water partition coefficient (Wildman–Crippen LogP) is 2.56. The normalized spacial score (nSPS) is 10.5. The van der Waals surface area contributed by atoms with Crippen LogP contribution in [0.5, 0.6) is 0 Å². The zero-order chi connectivity index (χ0) is 18.0. The SMILES string of the molecule is COC(=O)c1ccc(C)c(NC(=O)c2cnn(C)c2-n2cccc2)c1. The van der Waals surface area contributed by atoms with Crippen molar-refractivity contribution in [3.8, 4) is 5.82 Å².